The summed E-state index contributed by atoms with van der Waals surface area (Å²) in [6.45, 7) is 4.99. The number of nitrogens with one attached hydrogen (secondary N) is 1. The number of fused-ring (bicyclic) bond motifs is 1. The minimum Gasteiger partial charge on any atom is -0.393 e. The number of hydrogen-bond donors (Lipinski definition) is 2. The highest BCUT2D eigenvalue weighted by atomic mass is 16.3. The topological polar surface area (TPSA) is 50.1 Å². The number of nitrogens with zero attached hydrogens (tertiary/aromatic N) is 2. The average Bonchev–Trinajstić information content (AvgIpc) is 2.72. The minimum atomic E-state index is -0.200. The molecular formula is C14H25N3O. The molecule has 0 radical (unpaired) electrons. The van der Waals surface area contributed by atoms with Crippen LogP contribution in [0.5, 0.6) is 0 Å². The molecule has 0 saturated heterocycles. The van der Waals surface area contributed by atoms with Gasteiger partial charge >= 0.3 is 0 Å². The molecule has 0 fully saturated rings. The molecule has 1 aromatic heterocycles. The molecule has 18 heavy (non-hydrogen) atoms. The first-order valence-corrected chi connectivity index (χ1v) is 7.01. The van der Waals surface area contributed by atoms with E-state index in [1.807, 2.05) is 17.9 Å². The van der Waals surface area contributed by atoms with Crippen molar-refractivity contribution >= 4 is 0 Å². The van der Waals surface area contributed by atoms with Crippen LogP contribution in [0.2, 0.25) is 0 Å². The Labute approximate surface area is 109 Å². The van der Waals surface area contributed by atoms with E-state index in [9.17, 15) is 5.11 Å². The molecule has 1 aliphatic rings. The summed E-state index contributed by atoms with van der Waals surface area (Å²) in [7, 11) is 2.02. The molecular weight excluding hydrogens is 226 g/mol. The van der Waals surface area contributed by atoms with Gasteiger partial charge in [0, 0.05) is 24.3 Å². The fraction of sp³-hybridized carbons (Fsp3) is 0.786. The third kappa shape index (κ3) is 2.93. The van der Waals surface area contributed by atoms with Gasteiger partial charge in [-0.25, -0.2) is 0 Å². The lowest BCUT2D eigenvalue weighted by molar-refractivity contribution is 0.115. The summed E-state index contributed by atoms with van der Waals surface area (Å²) in [4.78, 5) is 0. The maximum Gasteiger partial charge on any atom is 0.0575 e. The van der Waals surface area contributed by atoms with E-state index in [0.29, 0.717) is 12.0 Å². The molecule has 2 N–H and O–H groups in total. The van der Waals surface area contributed by atoms with Crippen molar-refractivity contribution in [3.63, 3.8) is 0 Å². The van der Waals surface area contributed by atoms with E-state index < -0.39 is 0 Å². The minimum absolute atomic E-state index is 0.200. The quantitative estimate of drug-likeness (QED) is 0.839. The van der Waals surface area contributed by atoms with Gasteiger partial charge in [0.05, 0.1) is 12.3 Å². The van der Waals surface area contributed by atoms with Gasteiger partial charge in [0.1, 0.15) is 0 Å². The smallest absolute Gasteiger partial charge is 0.0575 e. The first-order valence-electron chi connectivity index (χ1n) is 7.01. The molecule has 0 spiro atoms. The van der Waals surface area contributed by atoms with Crippen molar-refractivity contribution in [3.8, 4) is 0 Å². The Morgan fingerprint density at radius 2 is 2.33 bits per heavy atom. The lowest BCUT2D eigenvalue weighted by atomic mass is 9.92. The molecule has 4 heteroatoms. The Hall–Kier alpha value is -0.870. The first kappa shape index (κ1) is 13.6. The Balaban J connectivity index is 1.88. The SMILES string of the molecule is CC(C)C(O)CCNC1CCCc2c1cnn2C. The lowest BCUT2D eigenvalue weighted by Crippen LogP contribution is -2.29. The maximum absolute atomic E-state index is 9.80. The van der Waals surface area contributed by atoms with Gasteiger partial charge in [-0.2, -0.15) is 5.10 Å². The second-order valence-corrected chi connectivity index (χ2v) is 5.67. The summed E-state index contributed by atoms with van der Waals surface area (Å²) < 4.78 is 1.99. The Bertz CT molecular complexity index is 386. The second-order valence-electron chi connectivity index (χ2n) is 5.67. The predicted molar refractivity (Wildman–Crippen MR) is 72.4 cm³/mol. The zero-order valence-corrected chi connectivity index (χ0v) is 11.7. The van der Waals surface area contributed by atoms with Crippen LogP contribution in [0.25, 0.3) is 0 Å². The van der Waals surface area contributed by atoms with E-state index in [1.54, 1.807) is 0 Å². The number of aliphatic hydroxyl groups is 1. The van der Waals surface area contributed by atoms with Crippen molar-refractivity contribution in [2.75, 3.05) is 6.54 Å². The summed E-state index contributed by atoms with van der Waals surface area (Å²) in [6.07, 6.45) is 6.15. The largest absolute Gasteiger partial charge is 0.393 e. The van der Waals surface area contributed by atoms with Crippen LogP contribution >= 0.6 is 0 Å². The van der Waals surface area contributed by atoms with E-state index in [4.69, 9.17) is 0 Å². The number of hydrogen-bond acceptors (Lipinski definition) is 3. The molecule has 4 nitrogen and oxygen atoms in total. The maximum atomic E-state index is 9.80. The van der Waals surface area contributed by atoms with Crippen LogP contribution in [0.1, 0.15) is 50.4 Å². The summed E-state index contributed by atoms with van der Waals surface area (Å²) in [5.41, 5.74) is 2.71. The van der Waals surface area contributed by atoms with Crippen LogP contribution in [0.3, 0.4) is 0 Å². The van der Waals surface area contributed by atoms with Gasteiger partial charge in [-0.3, -0.25) is 4.68 Å². The van der Waals surface area contributed by atoms with Crippen LogP contribution in [-0.2, 0) is 13.5 Å². The second kappa shape index (κ2) is 5.85. The third-order valence-corrected chi connectivity index (χ3v) is 3.98. The fourth-order valence-corrected chi connectivity index (χ4v) is 2.66. The molecule has 2 unspecified atom stereocenters. The van der Waals surface area contributed by atoms with Crippen LogP contribution < -0.4 is 5.32 Å². The summed E-state index contributed by atoms with van der Waals surface area (Å²) in [6, 6.07) is 0.418. The van der Waals surface area contributed by atoms with Crippen molar-refractivity contribution in [3.05, 3.63) is 17.5 Å². The van der Waals surface area contributed by atoms with Crippen molar-refractivity contribution in [2.24, 2.45) is 13.0 Å². The monoisotopic (exact) mass is 251 g/mol. The first-order chi connectivity index (χ1) is 8.59. The summed E-state index contributed by atoms with van der Waals surface area (Å²) in [5, 5.41) is 17.7. The fourth-order valence-electron chi connectivity index (χ4n) is 2.66. The molecule has 1 aliphatic carbocycles. The van der Waals surface area contributed by atoms with Crippen LogP contribution in [0.15, 0.2) is 6.20 Å². The highest BCUT2D eigenvalue weighted by molar-refractivity contribution is 5.24. The van der Waals surface area contributed by atoms with Gasteiger partial charge in [-0.15, -0.1) is 0 Å². The van der Waals surface area contributed by atoms with Crippen LogP contribution in [-0.4, -0.2) is 27.5 Å². The van der Waals surface area contributed by atoms with Gasteiger partial charge < -0.3 is 10.4 Å². The standard InChI is InChI=1S/C14H25N3O/c1-10(2)14(18)7-8-15-12-5-4-6-13-11(12)9-16-17(13)3/h9-10,12,14-15,18H,4-8H2,1-3H3. The zero-order valence-electron chi connectivity index (χ0n) is 11.7. The van der Waals surface area contributed by atoms with Gasteiger partial charge in [0.25, 0.3) is 0 Å². The number of aromatic nitrogens is 2. The van der Waals surface area contributed by atoms with E-state index in [0.717, 1.165) is 19.4 Å². The van der Waals surface area contributed by atoms with Crippen LogP contribution in [0, 0.1) is 5.92 Å². The molecule has 0 amide bonds. The van der Waals surface area contributed by atoms with Crippen molar-refractivity contribution < 1.29 is 5.11 Å². The molecule has 0 aliphatic heterocycles. The lowest BCUT2D eigenvalue weighted by Gasteiger charge is -2.25. The molecule has 1 heterocycles. The van der Waals surface area contributed by atoms with Crippen molar-refractivity contribution in [1.82, 2.24) is 15.1 Å². The highest BCUT2D eigenvalue weighted by Gasteiger charge is 2.23. The molecule has 2 atom stereocenters. The van der Waals surface area contributed by atoms with E-state index in [-0.39, 0.29) is 6.10 Å². The number of aliphatic hydroxyl groups excluding tert-OH is 1. The Kier molecular flexibility index (Phi) is 4.40. The van der Waals surface area contributed by atoms with E-state index in [2.05, 4.69) is 24.3 Å². The van der Waals surface area contributed by atoms with Crippen molar-refractivity contribution in [1.29, 1.82) is 0 Å². The van der Waals surface area contributed by atoms with E-state index >= 15 is 0 Å². The number of aryl methyl sites for hydroxylation is 1. The van der Waals surface area contributed by atoms with Gasteiger partial charge in [0.15, 0.2) is 0 Å². The van der Waals surface area contributed by atoms with Crippen LogP contribution in [0.4, 0.5) is 0 Å². The normalized spacial score (nSPS) is 21.1. The third-order valence-electron chi connectivity index (χ3n) is 3.98. The number of rotatable bonds is 5. The molecule has 2 rings (SSSR count). The Morgan fingerprint density at radius 1 is 1.56 bits per heavy atom. The van der Waals surface area contributed by atoms with Gasteiger partial charge in [0.2, 0.25) is 0 Å². The van der Waals surface area contributed by atoms with Gasteiger partial charge in [-0.1, -0.05) is 13.8 Å². The predicted octanol–water partition coefficient (Wildman–Crippen LogP) is 1.79. The molecule has 102 valence electrons. The highest BCUT2D eigenvalue weighted by Crippen LogP contribution is 2.29. The summed E-state index contributed by atoms with van der Waals surface area (Å²) >= 11 is 0. The molecule has 0 aromatic carbocycles. The molecule has 1 aromatic rings. The average molecular weight is 251 g/mol. The van der Waals surface area contributed by atoms with Crippen molar-refractivity contribution in [2.45, 2.75) is 51.7 Å². The Morgan fingerprint density at radius 3 is 3.06 bits per heavy atom. The zero-order chi connectivity index (χ0) is 13.1. The molecule has 0 saturated carbocycles. The molecule has 0 bridgehead atoms. The summed E-state index contributed by atoms with van der Waals surface area (Å²) in [5.74, 6) is 0.340. The van der Waals surface area contributed by atoms with Gasteiger partial charge in [-0.05, 0) is 38.1 Å². The van der Waals surface area contributed by atoms with E-state index in [1.165, 1.54) is 24.1 Å².